The number of amides is 1. The minimum atomic E-state index is -1.26. The molecule has 0 unspecified atom stereocenters. The van der Waals surface area contributed by atoms with Crippen LogP contribution < -0.4 is 5.32 Å². The van der Waals surface area contributed by atoms with E-state index in [0.717, 1.165) is 18.2 Å². The molecule has 8 nitrogen and oxygen atoms in total. The molecule has 1 aromatic carbocycles. The van der Waals surface area contributed by atoms with Crippen LogP contribution in [0.25, 0.3) is 0 Å². The van der Waals surface area contributed by atoms with Gasteiger partial charge in [-0.2, -0.15) is 0 Å². The van der Waals surface area contributed by atoms with Crippen molar-refractivity contribution in [3.05, 3.63) is 33.9 Å². The van der Waals surface area contributed by atoms with Crippen molar-refractivity contribution in [2.24, 2.45) is 0 Å². The van der Waals surface area contributed by atoms with Crippen molar-refractivity contribution in [3.8, 4) is 0 Å². The molecule has 20 heavy (non-hydrogen) atoms. The van der Waals surface area contributed by atoms with Crippen LogP contribution in [0.2, 0.25) is 0 Å². The summed E-state index contributed by atoms with van der Waals surface area (Å²) >= 11 is 0. The number of benzene rings is 1. The molecule has 0 aliphatic carbocycles. The third-order valence-corrected chi connectivity index (χ3v) is 2.08. The Bertz CT molecular complexity index is 562. The van der Waals surface area contributed by atoms with E-state index in [2.05, 4.69) is 5.32 Å². The topological polar surface area (TPSA) is 119 Å². The first-order valence-corrected chi connectivity index (χ1v) is 5.62. The van der Waals surface area contributed by atoms with Gasteiger partial charge in [-0.15, -0.1) is 0 Å². The van der Waals surface area contributed by atoms with E-state index in [0.29, 0.717) is 0 Å². The van der Waals surface area contributed by atoms with Crippen LogP contribution in [0.15, 0.2) is 18.2 Å². The molecule has 0 spiro atoms. The summed E-state index contributed by atoms with van der Waals surface area (Å²) in [6, 6.07) is 3.10. The maximum Gasteiger partial charge on any atom is 0.412 e. The highest BCUT2D eigenvalue weighted by Crippen LogP contribution is 2.26. The number of anilines is 1. The zero-order valence-corrected chi connectivity index (χ0v) is 11.2. The number of hydrogen-bond donors (Lipinski definition) is 2. The van der Waals surface area contributed by atoms with Crippen LogP contribution in [0.3, 0.4) is 0 Å². The molecule has 0 saturated carbocycles. The number of nitrogens with zero attached hydrogens (tertiary/aromatic N) is 1. The van der Waals surface area contributed by atoms with Gasteiger partial charge < -0.3 is 9.84 Å². The molecule has 0 saturated heterocycles. The lowest BCUT2D eigenvalue weighted by Gasteiger charge is -2.19. The van der Waals surface area contributed by atoms with Crippen molar-refractivity contribution in [2.75, 3.05) is 5.32 Å². The van der Waals surface area contributed by atoms with Crippen LogP contribution in [0, 0.1) is 10.1 Å². The fourth-order valence-corrected chi connectivity index (χ4v) is 1.34. The van der Waals surface area contributed by atoms with E-state index in [-0.39, 0.29) is 11.3 Å². The highest BCUT2D eigenvalue weighted by Gasteiger charge is 2.21. The van der Waals surface area contributed by atoms with Gasteiger partial charge in [-0.05, 0) is 32.9 Å². The number of nitro groups is 1. The number of hydrogen-bond acceptors (Lipinski definition) is 5. The number of carbonyl (C=O) groups excluding carboxylic acids is 1. The second kappa shape index (κ2) is 5.55. The van der Waals surface area contributed by atoms with E-state index < -0.39 is 28.3 Å². The third kappa shape index (κ3) is 4.23. The Morgan fingerprint density at radius 1 is 1.35 bits per heavy atom. The molecule has 108 valence electrons. The van der Waals surface area contributed by atoms with Crippen molar-refractivity contribution in [1.82, 2.24) is 0 Å². The van der Waals surface area contributed by atoms with Gasteiger partial charge in [0.05, 0.1) is 10.5 Å². The van der Waals surface area contributed by atoms with E-state index in [1.807, 2.05) is 0 Å². The molecule has 0 heterocycles. The molecule has 0 radical (unpaired) electrons. The molecule has 0 aliphatic heterocycles. The lowest BCUT2D eigenvalue weighted by atomic mass is 10.1. The van der Waals surface area contributed by atoms with Crippen LogP contribution in [0.4, 0.5) is 16.2 Å². The van der Waals surface area contributed by atoms with Crippen LogP contribution in [-0.4, -0.2) is 27.7 Å². The van der Waals surface area contributed by atoms with E-state index >= 15 is 0 Å². The fraction of sp³-hybridized carbons (Fsp3) is 0.333. The zero-order chi connectivity index (χ0) is 15.5. The van der Waals surface area contributed by atoms with Gasteiger partial charge in [0.1, 0.15) is 11.3 Å². The first-order chi connectivity index (χ1) is 9.10. The number of nitro benzene ring substituents is 1. The number of aromatic carboxylic acids is 1. The standard InChI is InChI=1S/C12H14N2O6/c1-12(2,3)20-11(17)13-8-6-7(10(15)16)4-5-9(8)14(18)19/h4-6H,1-3H3,(H,13,17)(H,15,16). The minimum Gasteiger partial charge on any atom is -0.478 e. The summed E-state index contributed by atoms with van der Waals surface area (Å²) in [6.45, 7) is 4.90. The summed E-state index contributed by atoms with van der Waals surface area (Å²) in [4.78, 5) is 32.5. The quantitative estimate of drug-likeness (QED) is 0.649. The van der Waals surface area contributed by atoms with E-state index in [9.17, 15) is 19.7 Å². The van der Waals surface area contributed by atoms with E-state index in [4.69, 9.17) is 9.84 Å². The Labute approximate surface area is 114 Å². The Hall–Kier alpha value is -2.64. The van der Waals surface area contributed by atoms with Crippen LogP contribution in [-0.2, 0) is 4.74 Å². The molecule has 0 atom stereocenters. The first kappa shape index (κ1) is 15.4. The first-order valence-electron chi connectivity index (χ1n) is 5.62. The number of carboxylic acids is 1. The van der Waals surface area contributed by atoms with Crippen LogP contribution >= 0.6 is 0 Å². The van der Waals surface area contributed by atoms with Gasteiger partial charge in [0.2, 0.25) is 0 Å². The molecule has 2 N–H and O–H groups in total. The van der Waals surface area contributed by atoms with Crippen molar-refractivity contribution in [3.63, 3.8) is 0 Å². The summed E-state index contributed by atoms with van der Waals surface area (Å²) in [7, 11) is 0. The second-order valence-electron chi connectivity index (χ2n) is 4.92. The molecule has 8 heteroatoms. The fourth-order valence-electron chi connectivity index (χ4n) is 1.34. The predicted molar refractivity (Wildman–Crippen MR) is 69.9 cm³/mol. The molecule has 1 aromatic rings. The van der Waals surface area contributed by atoms with Gasteiger partial charge in [0.25, 0.3) is 5.69 Å². The third-order valence-electron chi connectivity index (χ3n) is 2.08. The van der Waals surface area contributed by atoms with Crippen molar-refractivity contribution >= 4 is 23.4 Å². The highest BCUT2D eigenvalue weighted by atomic mass is 16.6. The maximum absolute atomic E-state index is 11.6. The van der Waals surface area contributed by atoms with Gasteiger partial charge in [0.15, 0.2) is 0 Å². The molecule has 0 fully saturated rings. The monoisotopic (exact) mass is 282 g/mol. The smallest absolute Gasteiger partial charge is 0.412 e. The average molecular weight is 282 g/mol. The predicted octanol–water partition coefficient (Wildman–Crippen LogP) is 2.64. The molecular weight excluding hydrogens is 268 g/mol. The van der Waals surface area contributed by atoms with Crippen molar-refractivity contribution in [1.29, 1.82) is 0 Å². The van der Waals surface area contributed by atoms with Gasteiger partial charge in [0, 0.05) is 6.07 Å². The SMILES string of the molecule is CC(C)(C)OC(=O)Nc1cc(C(=O)O)ccc1[N+](=O)[O-]. The number of rotatable bonds is 3. The van der Waals surface area contributed by atoms with Crippen molar-refractivity contribution in [2.45, 2.75) is 26.4 Å². The summed E-state index contributed by atoms with van der Waals surface area (Å²) in [5, 5.41) is 21.9. The van der Waals surface area contributed by atoms with Crippen LogP contribution in [0.5, 0.6) is 0 Å². The summed E-state index contributed by atoms with van der Waals surface area (Å²) in [6.07, 6.45) is -0.900. The number of ether oxygens (including phenoxy) is 1. The number of carbonyl (C=O) groups is 2. The van der Waals surface area contributed by atoms with Gasteiger partial charge >= 0.3 is 12.1 Å². The normalized spacial score (nSPS) is 10.8. The Morgan fingerprint density at radius 2 is 1.95 bits per heavy atom. The minimum absolute atomic E-state index is 0.179. The molecule has 0 aliphatic rings. The molecule has 1 amide bonds. The van der Waals surface area contributed by atoms with Crippen LogP contribution in [0.1, 0.15) is 31.1 Å². The number of nitrogens with one attached hydrogen (secondary N) is 1. The second-order valence-corrected chi connectivity index (χ2v) is 4.92. The summed E-state index contributed by atoms with van der Waals surface area (Å²) in [5.74, 6) is -1.26. The Kier molecular flexibility index (Phi) is 4.28. The molecule has 1 rings (SSSR count). The average Bonchev–Trinajstić information content (AvgIpc) is 2.25. The van der Waals surface area contributed by atoms with E-state index in [1.165, 1.54) is 0 Å². The van der Waals surface area contributed by atoms with Gasteiger partial charge in [-0.25, -0.2) is 9.59 Å². The summed E-state index contributed by atoms with van der Waals surface area (Å²) < 4.78 is 4.96. The van der Waals surface area contributed by atoms with Crippen molar-refractivity contribution < 1.29 is 24.4 Å². The van der Waals surface area contributed by atoms with Gasteiger partial charge in [-0.3, -0.25) is 15.4 Å². The number of carboxylic acid groups (broad SMARTS) is 1. The molecule has 0 bridgehead atoms. The zero-order valence-electron chi connectivity index (χ0n) is 11.2. The largest absolute Gasteiger partial charge is 0.478 e. The Balaban J connectivity index is 3.08. The summed E-state index contributed by atoms with van der Waals surface area (Å²) in [5.41, 5.74) is -1.60. The maximum atomic E-state index is 11.6. The Morgan fingerprint density at radius 3 is 2.40 bits per heavy atom. The molecule has 0 aromatic heterocycles. The molecular formula is C12H14N2O6. The lowest BCUT2D eigenvalue weighted by molar-refractivity contribution is -0.383. The van der Waals surface area contributed by atoms with Gasteiger partial charge in [-0.1, -0.05) is 0 Å². The van der Waals surface area contributed by atoms with E-state index in [1.54, 1.807) is 20.8 Å². The highest BCUT2D eigenvalue weighted by molar-refractivity contribution is 5.93. The lowest BCUT2D eigenvalue weighted by Crippen LogP contribution is -2.27.